The van der Waals surface area contributed by atoms with Crippen molar-refractivity contribution in [2.24, 2.45) is 5.92 Å². The van der Waals surface area contributed by atoms with Crippen LogP contribution >= 0.6 is 11.6 Å². The quantitative estimate of drug-likeness (QED) is 0.659. The molecule has 128 valence electrons. The maximum Gasteiger partial charge on any atom is 0.275 e. The molecule has 1 saturated heterocycles. The zero-order valence-electron chi connectivity index (χ0n) is 14.5. The van der Waals surface area contributed by atoms with Gasteiger partial charge in [0.25, 0.3) is 5.91 Å². The first kappa shape index (κ1) is 18.2. The fourth-order valence-corrected chi connectivity index (χ4v) is 3.03. The van der Waals surface area contributed by atoms with Gasteiger partial charge in [-0.25, -0.2) is 0 Å². The van der Waals surface area contributed by atoms with Crippen LogP contribution in [0.2, 0.25) is 5.02 Å². The summed E-state index contributed by atoms with van der Waals surface area (Å²) in [5.74, 6) is 0.664. The van der Waals surface area contributed by atoms with Crippen molar-refractivity contribution in [3.8, 4) is 0 Å². The van der Waals surface area contributed by atoms with Crippen molar-refractivity contribution in [3.05, 3.63) is 34.9 Å². The van der Waals surface area contributed by atoms with Gasteiger partial charge in [0.2, 0.25) is 0 Å². The van der Waals surface area contributed by atoms with E-state index in [0.29, 0.717) is 12.5 Å². The number of rotatable bonds is 6. The summed E-state index contributed by atoms with van der Waals surface area (Å²) in [5, 5.41) is 3.90. The molecule has 1 aromatic carbocycles. The number of carbonyl (C=O) groups is 1. The summed E-state index contributed by atoms with van der Waals surface area (Å²) in [6, 6.07) is 8.37. The van der Waals surface area contributed by atoms with Gasteiger partial charge in [-0.15, -0.1) is 0 Å². The van der Waals surface area contributed by atoms with E-state index in [4.69, 9.17) is 11.6 Å². The van der Waals surface area contributed by atoms with Crippen molar-refractivity contribution in [1.29, 1.82) is 0 Å². The number of quaternary nitrogens is 2. The highest BCUT2D eigenvalue weighted by Gasteiger charge is 2.25. The molecule has 0 spiro atoms. The number of hydrogen-bond donors (Lipinski definition) is 3. The molecule has 1 aromatic rings. The van der Waals surface area contributed by atoms with E-state index in [1.54, 1.807) is 4.90 Å². The van der Waals surface area contributed by atoms with Gasteiger partial charge < -0.3 is 15.1 Å². The zero-order chi connectivity index (χ0) is 16.8. The van der Waals surface area contributed by atoms with E-state index in [0.717, 1.165) is 37.7 Å². The Balaban J connectivity index is 1.71. The molecule has 1 atom stereocenters. The minimum atomic E-state index is 0.183. The maximum atomic E-state index is 12.1. The lowest BCUT2D eigenvalue weighted by molar-refractivity contribution is -1.02. The highest BCUT2D eigenvalue weighted by atomic mass is 35.5. The van der Waals surface area contributed by atoms with Gasteiger partial charge in [-0.1, -0.05) is 37.6 Å². The van der Waals surface area contributed by atoms with Crippen LogP contribution in [0.4, 0.5) is 0 Å². The summed E-state index contributed by atoms with van der Waals surface area (Å²) in [5.41, 5.74) is 1.33. The lowest BCUT2D eigenvalue weighted by Crippen LogP contribution is -3.28. The van der Waals surface area contributed by atoms with E-state index in [-0.39, 0.29) is 11.9 Å². The normalized spacial score (nSPS) is 22.8. The van der Waals surface area contributed by atoms with Crippen LogP contribution in [0, 0.1) is 5.92 Å². The van der Waals surface area contributed by atoms with Crippen molar-refractivity contribution in [2.45, 2.75) is 33.4 Å². The van der Waals surface area contributed by atoms with Gasteiger partial charge in [0.15, 0.2) is 6.54 Å². The second-order valence-electron chi connectivity index (χ2n) is 7.08. The van der Waals surface area contributed by atoms with Crippen molar-refractivity contribution >= 4 is 17.5 Å². The first-order valence-electron chi connectivity index (χ1n) is 8.65. The molecule has 5 heteroatoms. The largest absolute Gasteiger partial charge is 0.348 e. The molecule has 1 aliphatic heterocycles. The number of amides is 1. The van der Waals surface area contributed by atoms with Crippen LogP contribution in [0.25, 0.3) is 0 Å². The van der Waals surface area contributed by atoms with E-state index in [9.17, 15) is 4.79 Å². The fraction of sp³-hybridized carbons (Fsp3) is 0.611. The molecule has 4 nitrogen and oxygen atoms in total. The van der Waals surface area contributed by atoms with Gasteiger partial charge in [0, 0.05) is 16.6 Å². The van der Waals surface area contributed by atoms with Crippen molar-refractivity contribution in [1.82, 2.24) is 5.32 Å². The van der Waals surface area contributed by atoms with Crippen LogP contribution in [-0.2, 0) is 11.3 Å². The Morgan fingerprint density at radius 3 is 2.22 bits per heavy atom. The summed E-state index contributed by atoms with van der Waals surface area (Å²) in [4.78, 5) is 15.1. The molecule has 0 unspecified atom stereocenters. The highest BCUT2D eigenvalue weighted by Crippen LogP contribution is 2.08. The Hall–Kier alpha value is -1.10. The standard InChI is InChI=1S/C18H28ClN3O/c1-14(2)15(3)20-18(23)13-22-10-8-21(9-11-22)12-16-4-6-17(19)7-5-16/h4-7,14-15H,8-13H2,1-3H3,(H,20,23)/p+2/t15-/m1/s1. The topological polar surface area (TPSA) is 38.0 Å². The van der Waals surface area contributed by atoms with E-state index in [1.807, 2.05) is 12.1 Å². The maximum absolute atomic E-state index is 12.1. The van der Waals surface area contributed by atoms with Gasteiger partial charge in [-0.3, -0.25) is 4.79 Å². The molecular weight excluding hydrogens is 310 g/mol. The number of hydrogen-bond acceptors (Lipinski definition) is 1. The molecule has 1 fully saturated rings. The Morgan fingerprint density at radius 2 is 1.65 bits per heavy atom. The van der Waals surface area contributed by atoms with Gasteiger partial charge in [-0.2, -0.15) is 0 Å². The molecule has 0 aliphatic carbocycles. The van der Waals surface area contributed by atoms with E-state index >= 15 is 0 Å². The molecule has 1 aliphatic rings. The number of carbonyl (C=O) groups excluding carboxylic acids is 1. The van der Waals surface area contributed by atoms with E-state index in [2.05, 4.69) is 38.2 Å². The Bertz CT molecular complexity index is 495. The summed E-state index contributed by atoms with van der Waals surface area (Å²) >= 11 is 5.93. The second-order valence-corrected chi connectivity index (χ2v) is 7.52. The number of nitrogens with one attached hydrogen (secondary N) is 3. The summed E-state index contributed by atoms with van der Waals surface area (Å²) < 4.78 is 0. The molecule has 23 heavy (non-hydrogen) atoms. The third-order valence-corrected chi connectivity index (χ3v) is 5.08. The molecule has 1 amide bonds. The lowest BCUT2D eigenvalue weighted by Gasteiger charge is -2.29. The highest BCUT2D eigenvalue weighted by molar-refractivity contribution is 6.30. The molecule has 0 bridgehead atoms. The Labute approximate surface area is 144 Å². The molecule has 0 saturated carbocycles. The Kier molecular flexibility index (Phi) is 6.88. The second kappa shape index (κ2) is 8.67. The predicted molar refractivity (Wildman–Crippen MR) is 93.9 cm³/mol. The van der Waals surface area contributed by atoms with E-state index < -0.39 is 0 Å². The molecule has 1 heterocycles. The van der Waals surface area contributed by atoms with Crippen molar-refractivity contribution < 1.29 is 14.6 Å². The van der Waals surface area contributed by atoms with Crippen LogP contribution in [0.5, 0.6) is 0 Å². The van der Waals surface area contributed by atoms with Gasteiger partial charge in [-0.05, 0) is 25.0 Å². The van der Waals surface area contributed by atoms with Crippen LogP contribution in [0.3, 0.4) is 0 Å². The first-order chi connectivity index (χ1) is 10.9. The van der Waals surface area contributed by atoms with Crippen molar-refractivity contribution in [3.63, 3.8) is 0 Å². The fourth-order valence-electron chi connectivity index (χ4n) is 2.90. The molecule has 0 radical (unpaired) electrons. The van der Waals surface area contributed by atoms with Crippen LogP contribution in [0.1, 0.15) is 26.3 Å². The number of halogens is 1. The van der Waals surface area contributed by atoms with E-state index in [1.165, 1.54) is 10.5 Å². The van der Waals surface area contributed by atoms with Gasteiger partial charge in [0.05, 0.1) is 0 Å². The summed E-state index contributed by atoms with van der Waals surface area (Å²) in [7, 11) is 0. The average Bonchev–Trinajstić information content (AvgIpc) is 2.51. The summed E-state index contributed by atoms with van der Waals surface area (Å²) in [6.45, 7) is 12.3. The van der Waals surface area contributed by atoms with Gasteiger partial charge in [0.1, 0.15) is 32.7 Å². The smallest absolute Gasteiger partial charge is 0.275 e. The van der Waals surface area contributed by atoms with Crippen LogP contribution in [-0.4, -0.2) is 44.7 Å². The number of benzene rings is 1. The summed E-state index contributed by atoms with van der Waals surface area (Å²) in [6.07, 6.45) is 0. The third kappa shape index (κ3) is 6.13. The minimum Gasteiger partial charge on any atom is -0.348 e. The van der Waals surface area contributed by atoms with Gasteiger partial charge >= 0.3 is 0 Å². The van der Waals surface area contributed by atoms with Crippen LogP contribution in [0.15, 0.2) is 24.3 Å². The average molecular weight is 340 g/mol. The molecular formula is C18H30ClN3O+2. The number of piperazine rings is 1. The Morgan fingerprint density at radius 1 is 1.09 bits per heavy atom. The lowest BCUT2D eigenvalue weighted by atomic mass is 10.1. The predicted octanol–water partition coefficient (Wildman–Crippen LogP) is -0.216. The third-order valence-electron chi connectivity index (χ3n) is 4.83. The zero-order valence-corrected chi connectivity index (χ0v) is 15.2. The molecule has 2 rings (SSSR count). The molecule has 0 aromatic heterocycles. The monoisotopic (exact) mass is 339 g/mol. The van der Waals surface area contributed by atoms with Crippen LogP contribution < -0.4 is 15.1 Å². The molecule has 3 N–H and O–H groups in total. The van der Waals surface area contributed by atoms with Crippen molar-refractivity contribution in [2.75, 3.05) is 32.7 Å². The first-order valence-corrected chi connectivity index (χ1v) is 9.02. The minimum absolute atomic E-state index is 0.183. The SMILES string of the molecule is CC(C)[C@@H](C)NC(=O)C[NH+]1CC[NH+](Cc2ccc(Cl)cc2)CC1.